The number of aryl methyl sites for hydroxylation is 1. The van der Waals surface area contributed by atoms with Gasteiger partial charge in [-0.3, -0.25) is 18.7 Å². The summed E-state index contributed by atoms with van der Waals surface area (Å²) in [5, 5.41) is 11.2. The third kappa shape index (κ3) is 6.36. The highest BCUT2D eigenvalue weighted by Crippen LogP contribution is 2.53. The van der Waals surface area contributed by atoms with Crippen LogP contribution < -0.4 is 15.8 Å². The molecule has 1 aromatic carbocycles. The number of H-pyrrole nitrogens is 1. The Morgan fingerprint density at radius 1 is 1.29 bits per heavy atom. The van der Waals surface area contributed by atoms with Crippen molar-refractivity contribution in [2.75, 3.05) is 12.8 Å². The Hall–Kier alpha value is -3.16. The van der Waals surface area contributed by atoms with Gasteiger partial charge in [0.2, 0.25) is 0 Å². The molecule has 0 bridgehead atoms. The van der Waals surface area contributed by atoms with Gasteiger partial charge in [-0.15, -0.1) is 0 Å². The van der Waals surface area contributed by atoms with Crippen LogP contribution in [0.2, 0.25) is 0 Å². The first kappa shape index (κ1) is 30.8. The molecule has 1 aliphatic rings. The summed E-state index contributed by atoms with van der Waals surface area (Å²) in [6.07, 6.45) is -4.98. The predicted molar refractivity (Wildman–Crippen MR) is 146 cm³/mol. The van der Waals surface area contributed by atoms with Crippen molar-refractivity contribution in [2.45, 2.75) is 70.8 Å². The summed E-state index contributed by atoms with van der Waals surface area (Å²) < 4.78 is 52.8. The van der Waals surface area contributed by atoms with Crippen molar-refractivity contribution in [3.05, 3.63) is 52.8 Å². The number of fused-ring (bicyclic) bond motifs is 1. The molecule has 4 N–H and O–H groups in total. The lowest BCUT2D eigenvalue weighted by molar-refractivity contribution is -0.151. The lowest BCUT2D eigenvalue weighted by Crippen LogP contribution is -2.57. The fraction of sp³-hybridized carbons (Fsp3) is 0.538. The number of hydrogen-bond donors (Lipinski definition) is 3. The minimum atomic E-state index is -4.12. The monoisotopic (exact) mass is 595 g/mol. The number of carbonyl (C=O) groups excluding carboxylic acids is 1. The number of nitrogens with zero attached hydrogens (tertiary/aromatic N) is 3. The highest BCUT2D eigenvalue weighted by atomic mass is 31.2. The number of hydrogen-bond acceptors (Lipinski definition) is 11. The van der Waals surface area contributed by atoms with Crippen molar-refractivity contribution in [3.63, 3.8) is 0 Å². The summed E-state index contributed by atoms with van der Waals surface area (Å²) in [6.45, 7) is 6.73. The average molecular weight is 596 g/mol. The molecule has 1 fully saturated rings. The summed E-state index contributed by atoms with van der Waals surface area (Å²) in [5.41, 5.74) is 3.90. The number of nitrogens with one attached hydrogen (secondary N) is 1. The quantitative estimate of drug-likeness (QED) is 0.219. The van der Waals surface area contributed by atoms with Crippen LogP contribution in [0.15, 0.2) is 41.5 Å². The number of esters is 1. The Balaban J connectivity index is 1.63. The zero-order chi connectivity index (χ0) is 30.1. The molecule has 13 nitrogen and oxygen atoms in total. The Kier molecular flexibility index (Phi) is 9.00. The number of halogens is 1. The number of aromatic amines is 1. The molecule has 3 heterocycles. The van der Waals surface area contributed by atoms with E-state index in [1.807, 2.05) is 0 Å². The molecule has 1 saturated heterocycles. The van der Waals surface area contributed by atoms with Gasteiger partial charge in [0.1, 0.15) is 36.0 Å². The maximum absolute atomic E-state index is 14.5. The van der Waals surface area contributed by atoms with Crippen molar-refractivity contribution in [1.82, 2.24) is 19.5 Å². The van der Waals surface area contributed by atoms with E-state index in [4.69, 9.17) is 24.3 Å². The van der Waals surface area contributed by atoms with Gasteiger partial charge in [0.15, 0.2) is 17.4 Å². The molecule has 1 unspecified atom stereocenters. The van der Waals surface area contributed by atoms with Crippen LogP contribution in [0.25, 0.3) is 11.2 Å². The Bertz CT molecular complexity index is 1480. The van der Waals surface area contributed by atoms with Crippen molar-refractivity contribution < 1.29 is 37.4 Å². The lowest BCUT2D eigenvalue weighted by atomic mass is 9.91. The van der Waals surface area contributed by atoms with Gasteiger partial charge < -0.3 is 29.8 Å². The van der Waals surface area contributed by atoms with E-state index in [1.54, 1.807) is 51.1 Å². The minimum absolute atomic E-state index is 0.0225. The molecule has 1 aliphatic heterocycles. The number of carbonyl (C=O) groups is 1. The summed E-state index contributed by atoms with van der Waals surface area (Å²) in [6, 6.07) is 8.24. The van der Waals surface area contributed by atoms with Crippen LogP contribution in [0.1, 0.15) is 39.7 Å². The van der Waals surface area contributed by atoms with Gasteiger partial charge >= 0.3 is 13.6 Å². The number of ether oxygens (including phenoxy) is 2. The van der Waals surface area contributed by atoms with Gasteiger partial charge in [0, 0.05) is 0 Å². The summed E-state index contributed by atoms with van der Waals surface area (Å²) in [5.74, 6) is -0.950. The fourth-order valence-electron chi connectivity index (χ4n) is 4.66. The van der Waals surface area contributed by atoms with Crippen LogP contribution in [0.3, 0.4) is 0 Å². The molecule has 41 heavy (non-hydrogen) atoms. The highest BCUT2D eigenvalue weighted by molar-refractivity contribution is 7.54. The number of aromatic nitrogens is 4. The molecular formula is C26H35FN5O8P. The first-order valence-electron chi connectivity index (χ1n) is 13.1. The number of aliphatic hydroxyl groups excluding tert-OH is 1. The molecular weight excluding hydrogens is 560 g/mol. The molecule has 0 radical (unpaired) electrons. The number of para-hydroxylation sites is 1. The van der Waals surface area contributed by atoms with E-state index < -0.39 is 61.8 Å². The van der Waals surface area contributed by atoms with Crippen molar-refractivity contribution in [3.8, 4) is 5.75 Å². The lowest BCUT2D eigenvalue weighted by Gasteiger charge is -2.31. The number of benzene rings is 1. The molecule has 3 aromatic rings. The number of alkyl halides is 1. The van der Waals surface area contributed by atoms with E-state index in [1.165, 1.54) is 24.7 Å². The normalized spacial score (nSPS) is 25.6. The second-order valence-electron chi connectivity index (χ2n) is 10.5. The van der Waals surface area contributed by atoms with Crippen LogP contribution in [-0.2, 0) is 23.4 Å². The topological polar surface area (TPSA) is 181 Å². The van der Waals surface area contributed by atoms with E-state index in [0.717, 1.165) is 0 Å². The Morgan fingerprint density at radius 2 is 1.98 bits per heavy atom. The summed E-state index contributed by atoms with van der Waals surface area (Å²) in [4.78, 5) is 35.7. The molecule has 0 spiro atoms. The fourth-order valence-corrected chi connectivity index (χ4v) is 6.75. The maximum atomic E-state index is 14.5. The van der Waals surface area contributed by atoms with Crippen LogP contribution in [-0.4, -0.2) is 73.4 Å². The maximum Gasteiger partial charge on any atom is 0.380 e. The first-order valence-corrected chi connectivity index (χ1v) is 14.8. The molecule has 15 heteroatoms. The SMILES string of the molecule is Cc1nc2c(ncn2[C@@H]2O[C@H]([C@H](C)O[P@](=O)(C[C@@H](C)C(=O)OC(C)C)Oc3ccccc3)[C@H](O)C2(N)CF)c(=O)[nH]1. The smallest absolute Gasteiger partial charge is 0.380 e. The molecule has 0 amide bonds. The molecule has 4 rings (SSSR count). The molecule has 2 aromatic heterocycles. The number of nitrogens with two attached hydrogens (primary N) is 1. The Labute approximate surface area is 235 Å². The van der Waals surface area contributed by atoms with Crippen LogP contribution in [0, 0.1) is 12.8 Å². The van der Waals surface area contributed by atoms with Gasteiger partial charge in [-0.05, 0) is 39.8 Å². The predicted octanol–water partition coefficient (Wildman–Crippen LogP) is 2.62. The van der Waals surface area contributed by atoms with Crippen molar-refractivity contribution in [2.24, 2.45) is 11.7 Å². The largest absolute Gasteiger partial charge is 0.463 e. The molecule has 0 aliphatic carbocycles. The average Bonchev–Trinajstić information content (AvgIpc) is 3.42. The number of rotatable bonds is 11. The summed E-state index contributed by atoms with van der Waals surface area (Å²) >= 11 is 0. The van der Waals surface area contributed by atoms with E-state index in [2.05, 4.69) is 15.0 Å². The van der Waals surface area contributed by atoms with Crippen molar-refractivity contribution >= 4 is 24.7 Å². The first-order chi connectivity index (χ1) is 19.3. The van der Waals surface area contributed by atoms with E-state index >= 15 is 0 Å². The van der Waals surface area contributed by atoms with E-state index in [-0.39, 0.29) is 35.0 Å². The minimum Gasteiger partial charge on any atom is -0.463 e. The van der Waals surface area contributed by atoms with Gasteiger partial charge in [-0.25, -0.2) is 18.9 Å². The second-order valence-corrected chi connectivity index (χ2v) is 12.5. The van der Waals surface area contributed by atoms with E-state index in [0.29, 0.717) is 0 Å². The van der Waals surface area contributed by atoms with Crippen LogP contribution in [0.4, 0.5) is 4.39 Å². The summed E-state index contributed by atoms with van der Waals surface area (Å²) in [7, 11) is -4.12. The number of imidazole rings is 1. The number of aliphatic hydroxyl groups is 1. The zero-order valence-corrected chi connectivity index (χ0v) is 24.3. The van der Waals surface area contributed by atoms with Crippen molar-refractivity contribution in [1.29, 1.82) is 0 Å². The van der Waals surface area contributed by atoms with Crippen LogP contribution >= 0.6 is 7.60 Å². The van der Waals surface area contributed by atoms with E-state index in [9.17, 15) is 23.7 Å². The second kappa shape index (κ2) is 12.0. The van der Waals surface area contributed by atoms with Gasteiger partial charge in [0.25, 0.3) is 5.56 Å². The molecule has 224 valence electrons. The third-order valence-corrected chi connectivity index (χ3v) is 8.81. The zero-order valence-electron chi connectivity index (χ0n) is 23.4. The molecule has 0 saturated carbocycles. The third-order valence-electron chi connectivity index (χ3n) is 6.67. The van der Waals surface area contributed by atoms with Crippen LogP contribution in [0.5, 0.6) is 5.75 Å². The Morgan fingerprint density at radius 3 is 2.61 bits per heavy atom. The molecule has 7 atom stereocenters. The van der Waals surface area contributed by atoms with Gasteiger partial charge in [-0.2, -0.15) is 0 Å². The van der Waals surface area contributed by atoms with Gasteiger partial charge in [-0.1, -0.05) is 25.1 Å². The highest BCUT2D eigenvalue weighted by Gasteiger charge is 2.58. The standard InChI is InChI=1S/C26H35FN5O8P/c1-14(2)37-24(35)15(3)11-41(36,40-18-9-7-6-8-10-18)39-16(4)20-21(33)26(28,12-27)25(38-20)32-13-29-19-22(32)30-17(5)31-23(19)34/h6-10,13-16,20-21,25,33H,11-12,28H2,1-5H3,(H,30,31,34)/t15-,16+,20-,21+,25-,26?,41-/m1/s1. The van der Waals surface area contributed by atoms with Gasteiger partial charge in [0.05, 0.1) is 30.6 Å².